The molecule has 2 N–H and O–H groups in total. The van der Waals surface area contributed by atoms with E-state index >= 15 is 0 Å². The van der Waals surface area contributed by atoms with Crippen molar-refractivity contribution in [1.82, 2.24) is 0 Å². The summed E-state index contributed by atoms with van der Waals surface area (Å²) in [4.78, 5) is -0.107. The molecule has 0 bridgehead atoms. The number of benzene rings is 2. The van der Waals surface area contributed by atoms with Crippen LogP contribution in [0.4, 0.5) is 0 Å². The summed E-state index contributed by atoms with van der Waals surface area (Å²) in [6.45, 7) is 8.60. The highest BCUT2D eigenvalue weighted by atomic mass is 32.2. The van der Waals surface area contributed by atoms with Gasteiger partial charge in [-0.2, -0.15) is 0 Å². The fourth-order valence-corrected chi connectivity index (χ4v) is 4.26. The van der Waals surface area contributed by atoms with Crippen molar-refractivity contribution in [2.24, 2.45) is 0 Å². The molecule has 118 valence electrons. The minimum atomic E-state index is -3.92. The predicted molar refractivity (Wildman–Crippen MR) is 85.4 cm³/mol. The first-order valence-corrected chi connectivity index (χ1v) is 8.40. The lowest BCUT2D eigenvalue weighted by Crippen LogP contribution is -2.07. The number of hydrogen-bond acceptors (Lipinski definition) is 4. The number of rotatable bonds is 2. The van der Waals surface area contributed by atoms with Crippen LogP contribution in [0, 0.1) is 34.6 Å². The van der Waals surface area contributed by atoms with Crippen molar-refractivity contribution in [2.45, 2.75) is 44.4 Å². The molecule has 0 aliphatic rings. The number of aromatic hydroxyl groups is 2. The van der Waals surface area contributed by atoms with Gasteiger partial charge in [-0.3, -0.25) is 0 Å². The molecular weight excluding hydrogens is 300 g/mol. The topological polar surface area (TPSA) is 74.6 Å². The molecule has 2 aromatic carbocycles. The van der Waals surface area contributed by atoms with Crippen LogP contribution < -0.4 is 0 Å². The SMILES string of the molecule is Cc1cc(S(=O)(=O)c2c(C)c(C)cc(C)c2O)cc(O)c1C. The lowest BCUT2D eigenvalue weighted by Gasteiger charge is -2.15. The minimum absolute atomic E-state index is 0.0171. The Morgan fingerprint density at radius 3 is 1.86 bits per heavy atom. The molecule has 0 fully saturated rings. The van der Waals surface area contributed by atoms with Gasteiger partial charge in [0.1, 0.15) is 16.4 Å². The van der Waals surface area contributed by atoms with E-state index in [1.807, 2.05) is 0 Å². The van der Waals surface area contributed by atoms with Crippen LogP contribution in [0.25, 0.3) is 0 Å². The van der Waals surface area contributed by atoms with Crippen LogP contribution in [0.1, 0.15) is 27.8 Å². The molecule has 4 nitrogen and oxygen atoms in total. The van der Waals surface area contributed by atoms with E-state index in [0.29, 0.717) is 22.3 Å². The third-order valence-electron chi connectivity index (χ3n) is 4.15. The van der Waals surface area contributed by atoms with Crippen LogP contribution in [0.5, 0.6) is 11.5 Å². The van der Waals surface area contributed by atoms with Crippen molar-refractivity contribution in [3.8, 4) is 11.5 Å². The molecule has 0 atom stereocenters. The predicted octanol–water partition coefficient (Wildman–Crippen LogP) is 3.47. The standard InChI is InChI=1S/C17H20O4S/c1-9-6-11(3)16(19)17(13(9)5)22(20,21)14-7-10(2)12(4)15(18)8-14/h6-8,18-19H,1-5H3. The molecule has 5 heteroatoms. The monoisotopic (exact) mass is 320 g/mol. The maximum atomic E-state index is 12.9. The molecule has 2 rings (SSSR count). The zero-order chi connectivity index (χ0) is 16.8. The molecule has 0 saturated heterocycles. The molecule has 0 aliphatic heterocycles. The first kappa shape index (κ1) is 16.4. The van der Waals surface area contributed by atoms with Crippen LogP contribution in [0.15, 0.2) is 28.0 Å². The molecule has 0 aromatic heterocycles. The number of phenols is 2. The molecule has 0 radical (unpaired) electrons. The van der Waals surface area contributed by atoms with Gasteiger partial charge in [-0.1, -0.05) is 6.07 Å². The quantitative estimate of drug-likeness (QED) is 0.888. The van der Waals surface area contributed by atoms with Gasteiger partial charge >= 0.3 is 0 Å². The van der Waals surface area contributed by atoms with Crippen molar-refractivity contribution in [2.75, 3.05) is 0 Å². The molecule has 0 amide bonds. The Labute approximate surface area is 131 Å². The number of phenolic OH excluding ortho intramolecular Hbond substituents is 2. The summed E-state index contributed by atoms with van der Waals surface area (Å²) in [6.07, 6.45) is 0. The van der Waals surface area contributed by atoms with Gasteiger partial charge in [0.05, 0.1) is 4.90 Å². The summed E-state index contributed by atoms with van der Waals surface area (Å²) in [7, 11) is -3.92. The second-order valence-electron chi connectivity index (χ2n) is 5.70. The minimum Gasteiger partial charge on any atom is -0.508 e. The third-order valence-corrected chi connectivity index (χ3v) is 6.04. The van der Waals surface area contributed by atoms with Gasteiger partial charge in [-0.05, 0) is 74.6 Å². The van der Waals surface area contributed by atoms with E-state index in [2.05, 4.69) is 0 Å². The molecular formula is C17H20O4S. The van der Waals surface area contributed by atoms with Crippen LogP contribution in [-0.2, 0) is 9.84 Å². The number of aryl methyl sites for hydroxylation is 3. The van der Waals surface area contributed by atoms with Crippen LogP contribution in [0.3, 0.4) is 0 Å². The smallest absolute Gasteiger partial charge is 0.210 e. The first-order valence-electron chi connectivity index (χ1n) is 6.92. The van der Waals surface area contributed by atoms with Crippen molar-refractivity contribution < 1.29 is 18.6 Å². The van der Waals surface area contributed by atoms with Gasteiger partial charge in [-0.25, -0.2) is 8.42 Å². The molecule has 22 heavy (non-hydrogen) atoms. The summed E-state index contributed by atoms with van der Waals surface area (Å²) < 4.78 is 25.8. The van der Waals surface area contributed by atoms with Crippen molar-refractivity contribution >= 4 is 9.84 Å². The maximum absolute atomic E-state index is 12.9. The summed E-state index contributed by atoms with van der Waals surface area (Å²) in [5, 5.41) is 20.2. The van der Waals surface area contributed by atoms with E-state index in [1.165, 1.54) is 12.1 Å². The lowest BCUT2D eigenvalue weighted by atomic mass is 10.1. The average molecular weight is 320 g/mol. The largest absolute Gasteiger partial charge is 0.508 e. The van der Waals surface area contributed by atoms with Gasteiger partial charge in [0.2, 0.25) is 9.84 Å². The Kier molecular flexibility index (Phi) is 3.96. The Bertz CT molecular complexity index is 815. The summed E-state index contributed by atoms with van der Waals surface area (Å²) in [5.74, 6) is -0.305. The fourth-order valence-electron chi connectivity index (χ4n) is 2.45. The maximum Gasteiger partial charge on any atom is 0.210 e. The van der Waals surface area contributed by atoms with Gasteiger partial charge in [-0.15, -0.1) is 0 Å². The highest BCUT2D eigenvalue weighted by molar-refractivity contribution is 7.91. The Morgan fingerprint density at radius 1 is 0.773 bits per heavy atom. The van der Waals surface area contributed by atoms with Crippen molar-refractivity contribution in [1.29, 1.82) is 0 Å². The van der Waals surface area contributed by atoms with E-state index in [9.17, 15) is 18.6 Å². The average Bonchev–Trinajstić information content (AvgIpc) is 2.42. The molecule has 0 heterocycles. The zero-order valence-electron chi connectivity index (χ0n) is 13.4. The van der Waals surface area contributed by atoms with E-state index < -0.39 is 9.84 Å². The van der Waals surface area contributed by atoms with Crippen LogP contribution in [-0.4, -0.2) is 18.6 Å². The summed E-state index contributed by atoms with van der Waals surface area (Å²) in [6, 6.07) is 4.50. The Morgan fingerprint density at radius 2 is 1.32 bits per heavy atom. The second-order valence-corrected chi connectivity index (χ2v) is 7.59. The van der Waals surface area contributed by atoms with E-state index in [-0.39, 0.29) is 21.3 Å². The molecule has 0 saturated carbocycles. The van der Waals surface area contributed by atoms with Gasteiger partial charge in [0, 0.05) is 0 Å². The summed E-state index contributed by atoms with van der Waals surface area (Å²) in [5.41, 5.74) is 3.14. The highest BCUT2D eigenvalue weighted by Crippen LogP contribution is 2.37. The highest BCUT2D eigenvalue weighted by Gasteiger charge is 2.27. The van der Waals surface area contributed by atoms with Crippen molar-refractivity contribution in [3.63, 3.8) is 0 Å². The summed E-state index contributed by atoms with van der Waals surface area (Å²) >= 11 is 0. The molecule has 0 unspecified atom stereocenters. The zero-order valence-corrected chi connectivity index (χ0v) is 14.2. The normalized spacial score (nSPS) is 11.7. The lowest BCUT2D eigenvalue weighted by molar-refractivity contribution is 0.452. The molecule has 0 spiro atoms. The van der Waals surface area contributed by atoms with Gasteiger partial charge in [0.15, 0.2) is 0 Å². The number of hydrogen-bond donors (Lipinski definition) is 2. The molecule has 0 aliphatic carbocycles. The van der Waals surface area contributed by atoms with Crippen LogP contribution in [0.2, 0.25) is 0 Å². The fraction of sp³-hybridized carbons (Fsp3) is 0.294. The first-order chi connectivity index (χ1) is 10.1. The van der Waals surface area contributed by atoms with Gasteiger partial charge in [0.25, 0.3) is 0 Å². The van der Waals surface area contributed by atoms with Crippen LogP contribution >= 0.6 is 0 Å². The van der Waals surface area contributed by atoms with E-state index in [1.54, 1.807) is 40.7 Å². The Balaban J connectivity index is 2.83. The number of sulfone groups is 1. The third kappa shape index (κ3) is 2.46. The Hall–Kier alpha value is -2.01. The second kappa shape index (κ2) is 5.32. The van der Waals surface area contributed by atoms with Crippen molar-refractivity contribution in [3.05, 3.63) is 46.0 Å². The van der Waals surface area contributed by atoms with Gasteiger partial charge < -0.3 is 10.2 Å². The van der Waals surface area contributed by atoms with E-state index in [4.69, 9.17) is 0 Å². The molecule has 2 aromatic rings. The van der Waals surface area contributed by atoms with E-state index in [0.717, 1.165) is 5.56 Å².